The fraction of sp³-hybridized carbons (Fsp3) is 0.133. The van der Waals surface area contributed by atoms with Crippen LogP contribution >= 0.6 is 0 Å². The van der Waals surface area contributed by atoms with E-state index in [1.165, 1.54) is 12.1 Å². The summed E-state index contributed by atoms with van der Waals surface area (Å²) in [5.74, 6) is -1.01. The van der Waals surface area contributed by atoms with Gasteiger partial charge in [-0.1, -0.05) is 12.1 Å². The van der Waals surface area contributed by atoms with E-state index in [0.29, 0.717) is 22.5 Å². The van der Waals surface area contributed by atoms with Gasteiger partial charge in [-0.15, -0.1) is 0 Å². The molecule has 2 aromatic carbocycles. The second-order valence-corrected chi connectivity index (χ2v) is 4.67. The molecule has 2 N–H and O–H groups in total. The highest BCUT2D eigenvalue weighted by molar-refractivity contribution is 5.91. The van der Waals surface area contributed by atoms with Crippen LogP contribution in [0.3, 0.4) is 0 Å². The van der Waals surface area contributed by atoms with Crippen molar-refractivity contribution in [1.29, 1.82) is 0 Å². The molecule has 0 saturated carbocycles. The first-order valence-electron chi connectivity index (χ1n) is 6.25. The van der Waals surface area contributed by atoms with E-state index < -0.39 is 10.9 Å². The Bertz CT molecular complexity index is 726. The third-order valence-corrected chi connectivity index (χ3v) is 3.25. The standard InChI is InChI=1S/C15H14N2O4/c1-9-6-7-11(8-12(9)15(18)19)16-13-4-3-5-14(10(13)2)17(20)21/h3-8,16H,1-2H3,(H,18,19). The van der Waals surface area contributed by atoms with E-state index in [9.17, 15) is 14.9 Å². The molecule has 108 valence electrons. The highest BCUT2D eigenvalue weighted by Crippen LogP contribution is 2.28. The van der Waals surface area contributed by atoms with Gasteiger partial charge >= 0.3 is 5.97 Å². The molecule has 0 heterocycles. The second kappa shape index (κ2) is 5.62. The maximum Gasteiger partial charge on any atom is 0.336 e. The zero-order valence-electron chi connectivity index (χ0n) is 11.6. The molecule has 0 fully saturated rings. The molecule has 0 unspecified atom stereocenters. The quantitative estimate of drug-likeness (QED) is 0.661. The van der Waals surface area contributed by atoms with Gasteiger partial charge in [-0.2, -0.15) is 0 Å². The largest absolute Gasteiger partial charge is 0.478 e. The normalized spacial score (nSPS) is 10.2. The molecule has 6 heteroatoms. The van der Waals surface area contributed by atoms with Crippen LogP contribution in [0.4, 0.5) is 17.1 Å². The van der Waals surface area contributed by atoms with Crippen molar-refractivity contribution in [1.82, 2.24) is 0 Å². The number of nitrogens with zero attached hydrogens (tertiary/aromatic N) is 1. The number of nitro groups is 1. The lowest BCUT2D eigenvalue weighted by atomic mass is 10.1. The topological polar surface area (TPSA) is 92.5 Å². The summed E-state index contributed by atoms with van der Waals surface area (Å²) in [4.78, 5) is 21.6. The number of anilines is 2. The van der Waals surface area contributed by atoms with Crippen LogP contribution in [0, 0.1) is 24.0 Å². The van der Waals surface area contributed by atoms with Crippen molar-refractivity contribution in [3.63, 3.8) is 0 Å². The van der Waals surface area contributed by atoms with Gasteiger partial charge in [-0.3, -0.25) is 10.1 Å². The van der Waals surface area contributed by atoms with Gasteiger partial charge in [0.25, 0.3) is 5.69 Å². The Labute approximate surface area is 121 Å². The van der Waals surface area contributed by atoms with E-state index in [1.54, 1.807) is 38.1 Å². The van der Waals surface area contributed by atoms with Crippen molar-refractivity contribution in [3.8, 4) is 0 Å². The number of nitro benzene ring substituents is 1. The monoisotopic (exact) mass is 286 g/mol. The van der Waals surface area contributed by atoms with Gasteiger partial charge < -0.3 is 10.4 Å². The number of carboxylic acid groups (broad SMARTS) is 1. The Hall–Kier alpha value is -2.89. The molecule has 0 aliphatic heterocycles. The van der Waals surface area contributed by atoms with Crippen molar-refractivity contribution in [2.75, 3.05) is 5.32 Å². The molecule has 0 radical (unpaired) electrons. The van der Waals surface area contributed by atoms with Crippen LogP contribution in [0.15, 0.2) is 36.4 Å². The van der Waals surface area contributed by atoms with Gasteiger partial charge in [0, 0.05) is 17.4 Å². The van der Waals surface area contributed by atoms with Gasteiger partial charge in [0.05, 0.1) is 16.1 Å². The van der Waals surface area contributed by atoms with Crippen LogP contribution in [0.1, 0.15) is 21.5 Å². The van der Waals surface area contributed by atoms with E-state index in [-0.39, 0.29) is 11.3 Å². The molecule has 0 aromatic heterocycles. The molecule has 0 amide bonds. The molecule has 0 aliphatic rings. The van der Waals surface area contributed by atoms with Gasteiger partial charge in [0.1, 0.15) is 0 Å². The van der Waals surface area contributed by atoms with Crippen LogP contribution < -0.4 is 5.32 Å². The van der Waals surface area contributed by atoms with Crippen LogP contribution in [0.2, 0.25) is 0 Å². The number of rotatable bonds is 4. The average molecular weight is 286 g/mol. The van der Waals surface area contributed by atoms with Crippen molar-refractivity contribution >= 4 is 23.0 Å². The van der Waals surface area contributed by atoms with Crippen molar-refractivity contribution in [3.05, 3.63) is 63.2 Å². The summed E-state index contributed by atoms with van der Waals surface area (Å²) in [6, 6.07) is 9.66. The zero-order valence-corrected chi connectivity index (χ0v) is 11.6. The Morgan fingerprint density at radius 1 is 1.24 bits per heavy atom. The lowest BCUT2D eigenvalue weighted by molar-refractivity contribution is -0.385. The van der Waals surface area contributed by atoms with Crippen molar-refractivity contribution < 1.29 is 14.8 Å². The highest BCUT2D eigenvalue weighted by atomic mass is 16.6. The molecular formula is C15H14N2O4. The third-order valence-electron chi connectivity index (χ3n) is 3.25. The van der Waals surface area contributed by atoms with E-state index in [0.717, 1.165) is 0 Å². The summed E-state index contributed by atoms with van der Waals surface area (Å²) in [6.45, 7) is 3.36. The zero-order chi connectivity index (χ0) is 15.6. The first-order chi connectivity index (χ1) is 9.90. The first-order valence-corrected chi connectivity index (χ1v) is 6.25. The minimum absolute atomic E-state index is 0.0190. The Morgan fingerprint density at radius 2 is 1.95 bits per heavy atom. The summed E-state index contributed by atoms with van der Waals surface area (Å²) >= 11 is 0. The van der Waals surface area contributed by atoms with Crippen LogP contribution in [-0.4, -0.2) is 16.0 Å². The number of aromatic carboxylic acids is 1. The van der Waals surface area contributed by atoms with E-state index in [4.69, 9.17) is 5.11 Å². The van der Waals surface area contributed by atoms with Gasteiger partial charge in [-0.25, -0.2) is 4.79 Å². The van der Waals surface area contributed by atoms with Crippen LogP contribution in [0.5, 0.6) is 0 Å². The van der Waals surface area contributed by atoms with E-state index >= 15 is 0 Å². The lowest BCUT2D eigenvalue weighted by Crippen LogP contribution is -2.02. The molecule has 6 nitrogen and oxygen atoms in total. The molecule has 2 aromatic rings. The minimum Gasteiger partial charge on any atom is -0.478 e. The molecule has 0 spiro atoms. The molecule has 0 bridgehead atoms. The molecule has 0 aliphatic carbocycles. The smallest absolute Gasteiger partial charge is 0.336 e. The van der Waals surface area contributed by atoms with E-state index in [1.807, 2.05) is 0 Å². The first kappa shape index (κ1) is 14.5. The number of hydrogen-bond acceptors (Lipinski definition) is 4. The number of benzene rings is 2. The predicted octanol–water partition coefficient (Wildman–Crippen LogP) is 3.65. The molecular weight excluding hydrogens is 272 g/mol. The van der Waals surface area contributed by atoms with Gasteiger partial charge in [0.15, 0.2) is 0 Å². The summed E-state index contributed by atoms with van der Waals surface area (Å²) in [7, 11) is 0. The molecule has 0 atom stereocenters. The van der Waals surface area contributed by atoms with Gasteiger partial charge in [-0.05, 0) is 37.6 Å². The minimum atomic E-state index is -1.01. The fourth-order valence-corrected chi connectivity index (χ4v) is 2.04. The Kier molecular flexibility index (Phi) is 3.89. The highest BCUT2D eigenvalue weighted by Gasteiger charge is 2.14. The van der Waals surface area contributed by atoms with Crippen molar-refractivity contribution in [2.24, 2.45) is 0 Å². The van der Waals surface area contributed by atoms with E-state index in [2.05, 4.69) is 5.32 Å². The predicted molar refractivity (Wildman–Crippen MR) is 79.3 cm³/mol. The summed E-state index contributed by atoms with van der Waals surface area (Å²) in [6.07, 6.45) is 0. The summed E-state index contributed by atoms with van der Waals surface area (Å²) < 4.78 is 0. The van der Waals surface area contributed by atoms with Crippen LogP contribution in [0.25, 0.3) is 0 Å². The van der Waals surface area contributed by atoms with Crippen molar-refractivity contribution in [2.45, 2.75) is 13.8 Å². The van der Waals surface area contributed by atoms with Gasteiger partial charge in [0.2, 0.25) is 0 Å². The summed E-state index contributed by atoms with van der Waals surface area (Å²) in [5.41, 5.74) is 2.52. The third kappa shape index (κ3) is 3.00. The Morgan fingerprint density at radius 3 is 2.57 bits per heavy atom. The summed E-state index contributed by atoms with van der Waals surface area (Å²) in [5, 5.41) is 23.0. The molecule has 2 rings (SSSR count). The number of nitrogens with one attached hydrogen (secondary N) is 1. The molecule has 21 heavy (non-hydrogen) atoms. The number of hydrogen-bond donors (Lipinski definition) is 2. The van der Waals surface area contributed by atoms with Crippen LogP contribution in [-0.2, 0) is 0 Å². The number of carboxylic acids is 1. The Balaban J connectivity index is 2.39. The average Bonchev–Trinajstić information content (AvgIpc) is 2.42. The lowest BCUT2D eigenvalue weighted by Gasteiger charge is -2.11. The molecule has 0 saturated heterocycles. The fourth-order valence-electron chi connectivity index (χ4n) is 2.04. The number of carbonyl (C=O) groups is 1. The maximum absolute atomic E-state index is 11.1. The number of aryl methyl sites for hydroxylation is 1. The second-order valence-electron chi connectivity index (χ2n) is 4.67. The SMILES string of the molecule is Cc1ccc(Nc2cccc([N+](=O)[O-])c2C)cc1C(=O)O. The maximum atomic E-state index is 11.1.